The normalized spacial score (nSPS) is 12.1. The van der Waals surface area contributed by atoms with Crippen molar-refractivity contribution in [3.63, 3.8) is 0 Å². The monoisotopic (exact) mass is 650 g/mol. The lowest BCUT2D eigenvalue weighted by Gasteiger charge is -2.13. The molecule has 0 saturated carbocycles. The van der Waals surface area contributed by atoms with E-state index in [1.54, 1.807) is 0 Å². The van der Waals surface area contributed by atoms with Crippen LogP contribution >= 0.6 is 11.3 Å². The fraction of sp³-hybridized carbons (Fsp3) is 0.0204. The molecule has 0 nitrogen and oxygen atoms in total. The van der Waals surface area contributed by atoms with Crippen molar-refractivity contribution >= 4 is 96.1 Å². The average Bonchev–Trinajstić information content (AvgIpc) is 3.57. The Morgan fingerprint density at radius 1 is 0.300 bits per heavy atom. The van der Waals surface area contributed by atoms with Gasteiger partial charge in [0.05, 0.1) is 0 Å². The Bertz CT molecular complexity index is 3160. The molecule has 0 amide bonds. The molecule has 0 N–H and O–H groups in total. The SMILES string of the molecule is Cc1ccc2c(c1)c1ccccc1c1ccc(-c3ccc(-c4cccc5c4sc4c5ccc5c6ccccc6c6ccccc6c54)cc3)cc12. The molecule has 11 rings (SSSR count). The van der Waals surface area contributed by atoms with E-state index < -0.39 is 0 Å². The smallest absolute Gasteiger partial charge is 0.0440 e. The Hall–Kier alpha value is -6.02. The van der Waals surface area contributed by atoms with Gasteiger partial charge in [0.1, 0.15) is 0 Å². The third kappa shape index (κ3) is 3.93. The predicted molar refractivity (Wildman–Crippen MR) is 220 cm³/mol. The molecule has 0 unspecified atom stereocenters. The molecule has 0 radical (unpaired) electrons. The highest BCUT2D eigenvalue weighted by atomic mass is 32.1. The maximum absolute atomic E-state index is 2.39. The quantitative estimate of drug-likeness (QED) is 0.163. The first-order valence-corrected chi connectivity index (χ1v) is 18.2. The number of fused-ring (bicyclic) bond motifs is 16. The van der Waals surface area contributed by atoms with Gasteiger partial charge in [-0.1, -0.05) is 163 Å². The zero-order valence-corrected chi connectivity index (χ0v) is 28.3. The van der Waals surface area contributed by atoms with Gasteiger partial charge in [-0.15, -0.1) is 11.3 Å². The number of aryl methyl sites for hydroxylation is 1. The van der Waals surface area contributed by atoms with Crippen molar-refractivity contribution in [1.29, 1.82) is 0 Å². The minimum Gasteiger partial charge on any atom is -0.134 e. The summed E-state index contributed by atoms with van der Waals surface area (Å²) in [6, 6.07) is 61.2. The standard InChI is InChI=1S/C49H30S/c1-29-17-23-40-45(27-29)38-13-5-3-10-35(38)39-24-22-32(28-46(39)40)30-18-20-31(21-19-30)33-15-8-16-43-44-26-25-42-37-12-4-2-9-34(37)36-11-6-7-14-41(36)47(42)49(44)50-48(33)43/h2-28H,1H3. The fourth-order valence-electron chi connectivity index (χ4n) is 8.56. The van der Waals surface area contributed by atoms with E-state index in [9.17, 15) is 0 Å². The molecule has 0 aliphatic rings. The van der Waals surface area contributed by atoms with E-state index in [0.29, 0.717) is 0 Å². The van der Waals surface area contributed by atoms with Gasteiger partial charge in [-0.25, -0.2) is 0 Å². The van der Waals surface area contributed by atoms with E-state index in [1.807, 2.05) is 11.3 Å². The summed E-state index contributed by atoms with van der Waals surface area (Å²) in [5.41, 5.74) is 6.30. The van der Waals surface area contributed by atoms with Crippen LogP contribution in [-0.2, 0) is 0 Å². The molecule has 1 heterocycles. The topological polar surface area (TPSA) is 0 Å². The predicted octanol–water partition coefficient (Wildman–Crippen LogP) is 14.6. The number of thiophene rings is 1. The van der Waals surface area contributed by atoms with Crippen molar-refractivity contribution in [3.8, 4) is 22.3 Å². The average molecular weight is 651 g/mol. The first-order valence-electron chi connectivity index (χ1n) is 17.3. The maximum atomic E-state index is 2.39. The van der Waals surface area contributed by atoms with Crippen LogP contribution in [0.25, 0.3) is 107 Å². The summed E-state index contributed by atoms with van der Waals surface area (Å²) in [6.07, 6.45) is 0. The molecular formula is C49H30S. The molecule has 0 atom stereocenters. The Morgan fingerprint density at radius 3 is 1.46 bits per heavy atom. The van der Waals surface area contributed by atoms with Crippen LogP contribution < -0.4 is 0 Å². The van der Waals surface area contributed by atoms with Crippen LogP contribution in [0.2, 0.25) is 0 Å². The van der Waals surface area contributed by atoms with Gasteiger partial charge in [-0.05, 0) is 94.5 Å². The third-order valence-electron chi connectivity index (χ3n) is 10.9. The van der Waals surface area contributed by atoms with Gasteiger partial charge in [0.2, 0.25) is 0 Å². The fourth-order valence-corrected chi connectivity index (χ4v) is 9.96. The zero-order valence-electron chi connectivity index (χ0n) is 27.5. The minimum absolute atomic E-state index is 1.23. The molecule has 10 aromatic carbocycles. The van der Waals surface area contributed by atoms with Crippen LogP contribution in [0.3, 0.4) is 0 Å². The Labute approximate surface area is 293 Å². The van der Waals surface area contributed by atoms with Crippen LogP contribution in [0.5, 0.6) is 0 Å². The van der Waals surface area contributed by atoms with E-state index in [-0.39, 0.29) is 0 Å². The lowest BCUT2D eigenvalue weighted by molar-refractivity contribution is 1.51. The van der Waals surface area contributed by atoms with Gasteiger partial charge in [0, 0.05) is 25.6 Å². The van der Waals surface area contributed by atoms with Crippen LogP contribution in [0.1, 0.15) is 5.56 Å². The van der Waals surface area contributed by atoms with E-state index in [4.69, 9.17) is 0 Å². The lowest BCUT2D eigenvalue weighted by Crippen LogP contribution is -1.86. The van der Waals surface area contributed by atoms with Crippen molar-refractivity contribution in [2.45, 2.75) is 6.92 Å². The van der Waals surface area contributed by atoms with Gasteiger partial charge in [0.15, 0.2) is 0 Å². The zero-order chi connectivity index (χ0) is 32.9. The van der Waals surface area contributed by atoms with Crippen LogP contribution in [-0.4, -0.2) is 0 Å². The van der Waals surface area contributed by atoms with Crippen molar-refractivity contribution < 1.29 is 0 Å². The summed E-state index contributed by atoms with van der Waals surface area (Å²) in [6.45, 7) is 2.18. The van der Waals surface area contributed by atoms with Crippen molar-refractivity contribution in [2.75, 3.05) is 0 Å². The first-order chi connectivity index (χ1) is 24.7. The third-order valence-corrected chi connectivity index (χ3v) is 12.2. The highest BCUT2D eigenvalue weighted by Crippen LogP contribution is 2.47. The second-order valence-corrected chi connectivity index (χ2v) is 14.7. The van der Waals surface area contributed by atoms with Crippen LogP contribution in [0, 0.1) is 6.92 Å². The second-order valence-electron chi connectivity index (χ2n) is 13.7. The summed E-state index contributed by atoms with van der Waals surface area (Å²) >= 11 is 1.94. The van der Waals surface area contributed by atoms with Gasteiger partial charge in [-0.3, -0.25) is 0 Å². The summed E-state index contributed by atoms with van der Waals surface area (Å²) in [4.78, 5) is 0. The van der Waals surface area contributed by atoms with Crippen molar-refractivity contribution in [3.05, 3.63) is 169 Å². The summed E-state index contributed by atoms with van der Waals surface area (Å²) in [5.74, 6) is 0. The number of benzene rings is 10. The Kier molecular flexibility index (Phi) is 5.85. The van der Waals surface area contributed by atoms with Crippen molar-refractivity contribution in [1.82, 2.24) is 0 Å². The maximum Gasteiger partial charge on any atom is 0.0440 e. The molecule has 0 bridgehead atoms. The molecule has 0 fully saturated rings. The van der Waals surface area contributed by atoms with E-state index >= 15 is 0 Å². The minimum atomic E-state index is 1.23. The van der Waals surface area contributed by atoms with E-state index in [1.165, 1.54) is 113 Å². The highest BCUT2D eigenvalue weighted by molar-refractivity contribution is 7.27. The van der Waals surface area contributed by atoms with Gasteiger partial charge >= 0.3 is 0 Å². The summed E-state index contributed by atoms with van der Waals surface area (Å²) in [7, 11) is 0. The number of hydrogen-bond donors (Lipinski definition) is 0. The van der Waals surface area contributed by atoms with Crippen LogP contribution in [0.15, 0.2) is 164 Å². The lowest BCUT2D eigenvalue weighted by atomic mass is 9.91. The molecule has 0 aliphatic heterocycles. The molecule has 0 aliphatic carbocycles. The first kappa shape index (κ1) is 27.9. The number of hydrogen-bond acceptors (Lipinski definition) is 1. The van der Waals surface area contributed by atoms with E-state index in [2.05, 4.69) is 171 Å². The highest BCUT2D eigenvalue weighted by Gasteiger charge is 2.17. The molecule has 232 valence electrons. The van der Waals surface area contributed by atoms with Crippen molar-refractivity contribution in [2.24, 2.45) is 0 Å². The Balaban J connectivity index is 1.08. The second kappa shape index (κ2) is 10.5. The molecular weight excluding hydrogens is 621 g/mol. The van der Waals surface area contributed by atoms with Gasteiger partial charge in [-0.2, -0.15) is 0 Å². The number of rotatable bonds is 2. The molecule has 11 aromatic rings. The van der Waals surface area contributed by atoms with E-state index in [0.717, 1.165) is 0 Å². The molecule has 1 aromatic heterocycles. The van der Waals surface area contributed by atoms with Crippen LogP contribution in [0.4, 0.5) is 0 Å². The Morgan fingerprint density at radius 2 is 0.740 bits per heavy atom. The largest absolute Gasteiger partial charge is 0.134 e. The summed E-state index contributed by atoms with van der Waals surface area (Å²) < 4.78 is 2.72. The summed E-state index contributed by atoms with van der Waals surface area (Å²) in [5, 5.41) is 18.5. The van der Waals surface area contributed by atoms with Gasteiger partial charge in [0.25, 0.3) is 0 Å². The van der Waals surface area contributed by atoms with Gasteiger partial charge < -0.3 is 0 Å². The molecule has 0 spiro atoms. The molecule has 0 saturated heterocycles. The molecule has 50 heavy (non-hydrogen) atoms. The molecule has 1 heteroatoms.